The van der Waals surface area contributed by atoms with Gasteiger partial charge in [-0.05, 0) is 56.5 Å². The Morgan fingerprint density at radius 2 is 1.96 bits per heavy atom. The van der Waals surface area contributed by atoms with Crippen LogP contribution >= 0.6 is 12.4 Å². The number of esters is 1. The van der Waals surface area contributed by atoms with Gasteiger partial charge in [0.2, 0.25) is 10.0 Å². The lowest BCUT2D eigenvalue weighted by Crippen LogP contribution is -2.41. The molecule has 25 heavy (non-hydrogen) atoms. The van der Waals surface area contributed by atoms with Crippen molar-refractivity contribution in [3.63, 3.8) is 0 Å². The Balaban J connectivity index is 0.00000312. The Hall–Kier alpha value is -1.15. The number of methoxy groups -OCH3 is 1. The Bertz CT molecular complexity index is 686. The van der Waals surface area contributed by atoms with Crippen LogP contribution in [0.4, 0.5) is 0 Å². The maximum atomic E-state index is 13.0. The lowest BCUT2D eigenvalue weighted by Gasteiger charge is -2.31. The molecule has 0 unspecified atom stereocenters. The van der Waals surface area contributed by atoms with Gasteiger partial charge in [-0.15, -0.1) is 12.4 Å². The first kappa shape index (κ1) is 21.9. The van der Waals surface area contributed by atoms with Gasteiger partial charge >= 0.3 is 5.97 Å². The summed E-state index contributed by atoms with van der Waals surface area (Å²) in [5.74, 6) is -0.00667. The van der Waals surface area contributed by atoms with Crippen LogP contribution in [0.3, 0.4) is 0 Å². The van der Waals surface area contributed by atoms with Crippen LogP contribution in [0.5, 0.6) is 0 Å². The minimum atomic E-state index is -3.60. The number of rotatable bonds is 6. The number of piperidine rings is 1. The zero-order chi connectivity index (χ0) is 17.7. The molecule has 1 aliphatic heterocycles. The average Bonchev–Trinajstić information content (AvgIpc) is 2.59. The van der Waals surface area contributed by atoms with Crippen LogP contribution in [0.15, 0.2) is 23.1 Å². The second-order valence-electron chi connectivity index (χ2n) is 6.08. The van der Waals surface area contributed by atoms with Crippen molar-refractivity contribution in [1.29, 1.82) is 0 Å². The van der Waals surface area contributed by atoms with Crippen LogP contribution in [-0.4, -0.2) is 52.0 Å². The van der Waals surface area contributed by atoms with Gasteiger partial charge in [0.25, 0.3) is 0 Å². The molecule has 0 amide bonds. The lowest BCUT2D eigenvalue weighted by atomic mass is 9.98. The predicted molar refractivity (Wildman–Crippen MR) is 99.8 cm³/mol. The maximum absolute atomic E-state index is 13.0. The SMILES string of the molecule is CCNCC1CCN(S(=O)(=O)c2cccc(C(=O)OC)c2C)CC1.Cl. The van der Waals surface area contributed by atoms with E-state index in [1.807, 2.05) is 0 Å². The van der Waals surface area contributed by atoms with Crippen molar-refractivity contribution in [1.82, 2.24) is 9.62 Å². The first-order valence-corrected chi connectivity index (χ1v) is 9.74. The molecule has 0 spiro atoms. The van der Waals surface area contributed by atoms with E-state index in [-0.39, 0.29) is 17.3 Å². The summed E-state index contributed by atoms with van der Waals surface area (Å²) in [5.41, 5.74) is 0.736. The minimum absolute atomic E-state index is 0. The molecule has 0 radical (unpaired) electrons. The molecule has 1 aliphatic rings. The Kier molecular flexibility index (Phi) is 8.34. The van der Waals surface area contributed by atoms with Gasteiger partial charge in [-0.3, -0.25) is 0 Å². The molecule has 1 aromatic carbocycles. The maximum Gasteiger partial charge on any atom is 0.338 e. The predicted octanol–water partition coefficient (Wildman–Crippen LogP) is 2.21. The van der Waals surface area contributed by atoms with E-state index in [0.29, 0.717) is 30.1 Å². The van der Waals surface area contributed by atoms with Gasteiger partial charge in [-0.1, -0.05) is 13.0 Å². The van der Waals surface area contributed by atoms with E-state index in [9.17, 15) is 13.2 Å². The molecule has 0 atom stereocenters. The zero-order valence-electron chi connectivity index (χ0n) is 14.9. The third kappa shape index (κ3) is 4.94. The van der Waals surface area contributed by atoms with Crippen LogP contribution in [-0.2, 0) is 14.8 Å². The molecule has 0 saturated carbocycles. The average molecular weight is 391 g/mol. The van der Waals surface area contributed by atoms with Gasteiger partial charge in [0.1, 0.15) is 0 Å². The molecular weight excluding hydrogens is 364 g/mol. The molecule has 1 aromatic rings. The Morgan fingerprint density at radius 3 is 2.52 bits per heavy atom. The number of carbonyl (C=O) groups excluding carboxylic acids is 1. The minimum Gasteiger partial charge on any atom is -0.465 e. The summed E-state index contributed by atoms with van der Waals surface area (Å²) in [6, 6.07) is 4.73. The normalized spacial score (nSPS) is 16.3. The van der Waals surface area contributed by atoms with Crippen molar-refractivity contribution in [2.24, 2.45) is 5.92 Å². The number of halogens is 1. The van der Waals surface area contributed by atoms with Crippen LogP contribution in [0.2, 0.25) is 0 Å². The van der Waals surface area contributed by atoms with Crippen LogP contribution in [0, 0.1) is 12.8 Å². The fourth-order valence-corrected chi connectivity index (χ4v) is 4.78. The fourth-order valence-electron chi connectivity index (χ4n) is 3.07. The lowest BCUT2D eigenvalue weighted by molar-refractivity contribution is 0.0599. The van der Waals surface area contributed by atoms with E-state index >= 15 is 0 Å². The zero-order valence-corrected chi connectivity index (χ0v) is 16.6. The van der Waals surface area contributed by atoms with Crippen molar-refractivity contribution in [3.05, 3.63) is 29.3 Å². The summed E-state index contributed by atoms with van der Waals surface area (Å²) in [5, 5.41) is 3.32. The fraction of sp³-hybridized carbons (Fsp3) is 0.588. The van der Waals surface area contributed by atoms with Crippen molar-refractivity contribution < 1.29 is 17.9 Å². The van der Waals surface area contributed by atoms with E-state index in [0.717, 1.165) is 25.9 Å². The van der Waals surface area contributed by atoms with Gasteiger partial charge in [0.05, 0.1) is 17.6 Å². The second kappa shape index (κ2) is 9.52. The molecule has 142 valence electrons. The molecule has 0 bridgehead atoms. The number of hydrogen-bond donors (Lipinski definition) is 1. The van der Waals surface area contributed by atoms with Crippen LogP contribution in [0.25, 0.3) is 0 Å². The summed E-state index contributed by atoms with van der Waals surface area (Å²) < 4.78 is 32.2. The van der Waals surface area contributed by atoms with Gasteiger partial charge in [-0.25, -0.2) is 13.2 Å². The summed E-state index contributed by atoms with van der Waals surface area (Å²) in [6.45, 7) is 6.60. The molecule has 0 aromatic heterocycles. The summed E-state index contributed by atoms with van der Waals surface area (Å²) in [6.07, 6.45) is 1.70. The smallest absolute Gasteiger partial charge is 0.338 e. The monoisotopic (exact) mass is 390 g/mol. The van der Waals surface area contributed by atoms with Gasteiger partial charge < -0.3 is 10.1 Å². The van der Waals surface area contributed by atoms with Crippen molar-refractivity contribution in [2.75, 3.05) is 33.3 Å². The first-order chi connectivity index (χ1) is 11.4. The molecular formula is C17H27ClN2O4S. The summed E-state index contributed by atoms with van der Waals surface area (Å²) in [7, 11) is -2.31. The molecule has 6 nitrogen and oxygen atoms in total. The summed E-state index contributed by atoms with van der Waals surface area (Å²) >= 11 is 0. The van der Waals surface area contributed by atoms with Crippen molar-refractivity contribution in [2.45, 2.75) is 31.6 Å². The third-order valence-electron chi connectivity index (χ3n) is 4.56. The highest BCUT2D eigenvalue weighted by molar-refractivity contribution is 7.89. The van der Waals surface area contributed by atoms with Crippen LogP contribution in [0.1, 0.15) is 35.7 Å². The quantitative estimate of drug-likeness (QED) is 0.753. The molecule has 1 fully saturated rings. The number of benzene rings is 1. The number of ether oxygens (including phenoxy) is 1. The van der Waals surface area contributed by atoms with E-state index in [2.05, 4.69) is 12.2 Å². The highest BCUT2D eigenvalue weighted by Crippen LogP contribution is 2.27. The molecule has 1 saturated heterocycles. The highest BCUT2D eigenvalue weighted by atomic mass is 35.5. The summed E-state index contributed by atoms with van der Waals surface area (Å²) in [4.78, 5) is 12.0. The van der Waals surface area contributed by atoms with Gasteiger partial charge in [0, 0.05) is 13.1 Å². The third-order valence-corrected chi connectivity index (χ3v) is 6.61. The number of nitrogens with one attached hydrogen (secondary N) is 1. The molecule has 1 heterocycles. The Labute approximate surface area is 156 Å². The first-order valence-electron chi connectivity index (χ1n) is 8.30. The standard InChI is InChI=1S/C17H26N2O4S.ClH/c1-4-18-12-14-8-10-19(11-9-14)24(21,22)16-7-5-6-15(13(16)2)17(20)23-3;/h5-7,14,18H,4,8-12H2,1-3H3;1H. The Morgan fingerprint density at radius 1 is 1.32 bits per heavy atom. The second-order valence-corrected chi connectivity index (χ2v) is 7.98. The molecule has 2 rings (SSSR count). The van der Waals surface area contributed by atoms with Crippen LogP contribution < -0.4 is 5.32 Å². The topological polar surface area (TPSA) is 75.7 Å². The number of hydrogen-bond acceptors (Lipinski definition) is 5. The highest BCUT2D eigenvalue weighted by Gasteiger charge is 2.31. The number of sulfonamides is 1. The molecule has 0 aliphatic carbocycles. The van der Waals surface area contributed by atoms with E-state index in [1.165, 1.54) is 11.4 Å². The van der Waals surface area contributed by atoms with Gasteiger partial charge in [0.15, 0.2) is 0 Å². The van der Waals surface area contributed by atoms with Gasteiger partial charge in [-0.2, -0.15) is 4.31 Å². The van der Waals surface area contributed by atoms with Crippen molar-refractivity contribution >= 4 is 28.4 Å². The largest absolute Gasteiger partial charge is 0.465 e. The van der Waals surface area contributed by atoms with E-state index in [4.69, 9.17) is 4.74 Å². The number of carbonyl (C=O) groups is 1. The molecule has 8 heteroatoms. The number of nitrogens with zero attached hydrogens (tertiary/aromatic N) is 1. The van der Waals surface area contributed by atoms with E-state index in [1.54, 1.807) is 25.1 Å². The van der Waals surface area contributed by atoms with Crippen molar-refractivity contribution in [3.8, 4) is 0 Å². The molecule has 1 N–H and O–H groups in total. The van der Waals surface area contributed by atoms with E-state index < -0.39 is 16.0 Å².